The Morgan fingerprint density at radius 3 is 2.46 bits per heavy atom. The van der Waals surface area contributed by atoms with Crippen LogP contribution in [0.3, 0.4) is 0 Å². The third kappa shape index (κ3) is 5.04. The van der Waals surface area contributed by atoms with Crippen LogP contribution in [0.2, 0.25) is 5.02 Å². The van der Waals surface area contributed by atoms with Gasteiger partial charge in [-0.2, -0.15) is 0 Å². The topological polar surface area (TPSA) is 68.3 Å². The lowest BCUT2D eigenvalue weighted by molar-refractivity contribution is 0.410. The Labute approximate surface area is 169 Å². The van der Waals surface area contributed by atoms with Crippen LogP contribution in [-0.2, 0) is 6.42 Å². The molecule has 1 aromatic heterocycles. The molecule has 0 radical (unpaired) electrons. The average molecular weight is 399 g/mol. The van der Waals surface area contributed by atoms with Gasteiger partial charge in [0.15, 0.2) is 0 Å². The smallest absolute Gasteiger partial charge is 0.142 e. The van der Waals surface area contributed by atoms with Crippen molar-refractivity contribution >= 4 is 28.9 Å². The monoisotopic (exact) mass is 398 g/mol. The SMILES string of the molecule is COc1ccccc1CCNc1cc(Nc2cc(Cl)ccc2OC)nc(C)n1. The van der Waals surface area contributed by atoms with E-state index in [4.69, 9.17) is 21.1 Å². The van der Waals surface area contributed by atoms with E-state index in [2.05, 4.69) is 26.7 Å². The van der Waals surface area contributed by atoms with Gasteiger partial charge in [0.25, 0.3) is 0 Å². The second-order valence-electron chi connectivity index (χ2n) is 6.14. The van der Waals surface area contributed by atoms with Crippen molar-refractivity contribution < 1.29 is 9.47 Å². The first kappa shape index (κ1) is 19.8. The summed E-state index contributed by atoms with van der Waals surface area (Å²) in [6.07, 6.45) is 0.817. The minimum Gasteiger partial charge on any atom is -0.496 e. The van der Waals surface area contributed by atoms with Crippen molar-refractivity contribution in [1.29, 1.82) is 0 Å². The summed E-state index contributed by atoms with van der Waals surface area (Å²) >= 11 is 6.10. The highest BCUT2D eigenvalue weighted by Gasteiger charge is 2.08. The molecule has 2 aromatic carbocycles. The fourth-order valence-electron chi connectivity index (χ4n) is 2.87. The Kier molecular flexibility index (Phi) is 6.55. The summed E-state index contributed by atoms with van der Waals surface area (Å²) in [5.74, 6) is 3.63. The van der Waals surface area contributed by atoms with Crippen LogP contribution in [0.5, 0.6) is 11.5 Å². The second-order valence-corrected chi connectivity index (χ2v) is 6.58. The van der Waals surface area contributed by atoms with Crippen LogP contribution in [0.4, 0.5) is 17.3 Å². The fraction of sp³-hybridized carbons (Fsp3) is 0.238. The van der Waals surface area contributed by atoms with Crippen molar-refractivity contribution in [2.75, 3.05) is 31.4 Å². The molecule has 2 N–H and O–H groups in total. The lowest BCUT2D eigenvalue weighted by atomic mass is 10.1. The third-order valence-corrected chi connectivity index (χ3v) is 4.39. The van der Waals surface area contributed by atoms with E-state index in [1.165, 1.54) is 0 Å². The van der Waals surface area contributed by atoms with Gasteiger partial charge in [0, 0.05) is 17.6 Å². The number of aromatic nitrogens is 2. The minimum absolute atomic E-state index is 0.615. The Bertz CT molecular complexity index is 949. The van der Waals surface area contributed by atoms with Crippen molar-refractivity contribution in [2.24, 2.45) is 0 Å². The number of nitrogens with zero attached hydrogens (tertiary/aromatic N) is 2. The van der Waals surface area contributed by atoms with Gasteiger partial charge in [0.1, 0.15) is 29.0 Å². The molecular formula is C21H23ClN4O2. The number of hydrogen-bond donors (Lipinski definition) is 2. The van der Waals surface area contributed by atoms with Gasteiger partial charge in [-0.3, -0.25) is 0 Å². The minimum atomic E-state index is 0.615. The van der Waals surface area contributed by atoms with Crippen LogP contribution in [0.1, 0.15) is 11.4 Å². The second kappa shape index (κ2) is 9.28. The first-order valence-corrected chi connectivity index (χ1v) is 9.29. The van der Waals surface area contributed by atoms with E-state index >= 15 is 0 Å². The maximum absolute atomic E-state index is 6.10. The molecule has 146 valence electrons. The van der Waals surface area contributed by atoms with Gasteiger partial charge < -0.3 is 20.1 Å². The number of methoxy groups -OCH3 is 2. The molecule has 3 rings (SSSR count). The maximum atomic E-state index is 6.10. The van der Waals surface area contributed by atoms with E-state index in [0.29, 0.717) is 22.4 Å². The normalized spacial score (nSPS) is 10.4. The van der Waals surface area contributed by atoms with Crippen molar-refractivity contribution in [1.82, 2.24) is 9.97 Å². The Balaban J connectivity index is 1.70. The lowest BCUT2D eigenvalue weighted by Crippen LogP contribution is -2.09. The van der Waals surface area contributed by atoms with Crippen LogP contribution in [-0.4, -0.2) is 30.7 Å². The average Bonchev–Trinajstić information content (AvgIpc) is 2.68. The number of rotatable bonds is 8. The molecule has 0 fully saturated rings. The van der Waals surface area contributed by atoms with E-state index in [1.54, 1.807) is 26.4 Å². The van der Waals surface area contributed by atoms with Crippen molar-refractivity contribution in [3.63, 3.8) is 0 Å². The first-order valence-electron chi connectivity index (χ1n) is 8.91. The van der Waals surface area contributed by atoms with Crippen LogP contribution < -0.4 is 20.1 Å². The molecule has 1 heterocycles. The Morgan fingerprint density at radius 2 is 1.68 bits per heavy atom. The number of para-hydroxylation sites is 1. The highest BCUT2D eigenvalue weighted by Crippen LogP contribution is 2.30. The van der Waals surface area contributed by atoms with Crippen molar-refractivity contribution in [3.8, 4) is 11.5 Å². The Morgan fingerprint density at radius 1 is 0.929 bits per heavy atom. The summed E-state index contributed by atoms with van der Waals surface area (Å²) in [5, 5.41) is 7.21. The summed E-state index contributed by atoms with van der Waals surface area (Å²) in [6, 6.07) is 15.2. The zero-order valence-electron chi connectivity index (χ0n) is 16.1. The van der Waals surface area contributed by atoms with Crippen LogP contribution in [0.25, 0.3) is 0 Å². The summed E-state index contributed by atoms with van der Waals surface area (Å²) in [5.41, 5.74) is 1.89. The van der Waals surface area contributed by atoms with Gasteiger partial charge >= 0.3 is 0 Å². The van der Waals surface area contributed by atoms with E-state index in [1.807, 2.05) is 37.3 Å². The van der Waals surface area contributed by atoms with Crippen LogP contribution in [0, 0.1) is 6.92 Å². The first-order chi connectivity index (χ1) is 13.6. The highest BCUT2D eigenvalue weighted by molar-refractivity contribution is 6.31. The van der Waals surface area contributed by atoms with Gasteiger partial charge in [0.2, 0.25) is 0 Å². The van der Waals surface area contributed by atoms with E-state index in [-0.39, 0.29) is 0 Å². The molecule has 0 aliphatic rings. The summed E-state index contributed by atoms with van der Waals surface area (Å²) in [4.78, 5) is 8.91. The zero-order valence-corrected chi connectivity index (χ0v) is 16.9. The maximum Gasteiger partial charge on any atom is 0.142 e. The fourth-order valence-corrected chi connectivity index (χ4v) is 3.04. The molecule has 3 aromatic rings. The van der Waals surface area contributed by atoms with Gasteiger partial charge in [-0.15, -0.1) is 0 Å². The molecule has 6 nitrogen and oxygen atoms in total. The molecule has 0 saturated heterocycles. The number of anilines is 3. The van der Waals surface area contributed by atoms with Crippen LogP contribution >= 0.6 is 11.6 Å². The van der Waals surface area contributed by atoms with Crippen LogP contribution in [0.15, 0.2) is 48.5 Å². The number of nitrogens with one attached hydrogen (secondary N) is 2. The van der Waals surface area contributed by atoms with Gasteiger partial charge in [-0.25, -0.2) is 9.97 Å². The zero-order chi connectivity index (χ0) is 19.9. The van der Waals surface area contributed by atoms with E-state index in [0.717, 1.165) is 35.8 Å². The molecular weight excluding hydrogens is 376 g/mol. The van der Waals surface area contributed by atoms with E-state index < -0.39 is 0 Å². The highest BCUT2D eigenvalue weighted by atomic mass is 35.5. The number of ether oxygens (including phenoxy) is 2. The van der Waals surface area contributed by atoms with Gasteiger partial charge in [-0.05, 0) is 43.2 Å². The van der Waals surface area contributed by atoms with Crippen molar-refractivity contribution in [3.05, 3.63) is 64.9 Å². The number of halogens is 1. The quantitative estimate of drug-likeness (QED) is 0.565. The Hall–Kier alpha value is -2.99. The molecule has 0 unspecified atom stereocenters. The molecule has 0 spiro atoms. The standard InChI is InChI=1S/C21H23ClN4O2/c1-14-24-20(23-11-10-15-6-4-5-7-18(15)27-2)13-21(25-14)26-17-12-16(22)8-9-19(17)28-3/h4-9,12-13H,10-11H2,1-3H3,(H2,23,24,25,26). The molecule has 0 atom stereocenters. The number of benzene rings is 2. The largest absolute Gasteiger partial charge is 0.496 e. The molecule has 7 heteroatoms. The molecule has 28 heavy (non-hydrogen) atoms. The van der Waals surface area contributed by atoms with Gasteiger partial charge in [-0.1, -0.05) is 29.8 Å². The predicted molar refractivity (Wildman–Crippen MR) is 113 cm³/mol. The number of hydrogen-bond acceptors (Lipinski definition) is 6. The third-order valence-electron chi connectivity index (χ3n) is 4.16. The molecule has 0 bridgehead atoms. The summed E-state index contributed by atoms with van der Waals surface area (Å²) in [6.45, 7) is 2.57. The lowest BCUT2D eigenvalue weighted by Gasteiger charge is -2.13. The van der Waals surface area contributed by atoms with E-state index in [9.17, 15) is 0 Å². The predicted octanol–water partition coefficient (Wildman–Crippen LogP) is 4.85. The van der Waals surface area contributed by atoms with Gasteiger partial charge in [0.05, 0.1) is 19.9 Å². The van der Waals surface area contributed by atoms with Crippen molar-refractivity contribution in [2.45, 2.75) is 13.3 Å². The molecule has 0 amide bonds. The number of aryl methyl sites for hydroxylation is 1. The summed E-state index contributed by atoms with van der Waals surface area (Å²) in [7, 11) is 3.30. The molecule has 0 aliphatic heterocycles. The molecule has 0 aliphatic carbocycles. The summed E-state index contributed by atoms with van der Waals surface area (Å²) < 4.78 is 10.8. The molecule has 0 saturated carbocycles.